The van der Waals surface area contributed by atoms with Crippen LogP contribution in [0, 0.1) is 0 Å². The molecule has 9 nitrogen and oxygen atoms in total. The highest BCUT2D eigenvalue weighted by Gasteiger charge is 2.56. The van der Waals surface area contributed by atoms with E-state index in [0.717, 1.165) is 40.7 Å². The number of H-pyrrole nitrogens is 1. The molecule has 4 heterocycles. The average molecular weight is 542 g/mol. The lowest BCUT2D eigenvalue weighted by molar-refractivity contribution is -0.166. The van der Waals surface area contributed by atoms with Gasteiger partial charge in [0, 0.05) is 48.8 Å². The quantitative estimate of drug-likeness (QED) is 0.360. The van der Waals surface area contributed by atoms with E-state index in [4.69, 9.17) is 9.47 Å². The Labute approximate surface area is 233 Å². The first kappa shape index (κ1) is 26.0. The molecule has 1 fully saturated rings. The summed E-state index contributed by atoms with van der Waals surface area (Å²) in [6.07, 6.45) is 6.15. The maximum absolute atomic E-state index is 14.2. The van der Waals surface area contributed by atoms with Crippen molar-refractivity contribution < 1.29 is 19.1 Å². The molecule has 2 aromatic carbocycles. The second-order valence-electron chi connectivity index (χ2n) is 11.0. The summed E-state index contributed by atoms with van der Waals surface area (Å²) in [5.41, 5.74) is 2.66. The van der Waals surface area contributed by atoms with Crippen LogP contribution in [0.5, 0.6) is 11.5 Å². The highest BCUT2D eigenvalue weighted by atomic mass is 16.5. The third kappa shape index (κ3) is 4.20. The van der Waals surface area contributed by atoms with Crippen LogP contribution in [-0.2, 0) is 21.7 Å². The van der Waals surface area contributed by atoms with Crippen LogP contribution < -0.4 is 9.47 Å². The number of carbonyl (C=O) groups excluding carboxylic acids is 2. The first-order valence-corrected chi connectivity index (χ1v) is 13.8. The molecule has 2 atom stereocenters. The lowest BCUT2D eigenvalue weighted by atomic mass is 9.76. The molecule has 0 saturated carbocycles. The van der Waals surface area contributed by atoms with E-state index in [2.05, 4.69) is 16.0 Å². The molecule has 9 heteroatoms. The zero-order valence-electron chi connectivity index (χ0n) is 23.4. The summed E-state index contributed by atoms with van der Waals surface area (Å²) in [7, 11) is 1.63. The normalized spacial score (nSPS) is 20.7. The third-order valence-electron chi connectivity index (χ3n) is 8.17. The fourth-order valence-electron chi connectivity index (χ4n) is 6.27. The van der Waals surface area contributed by atoms with Crippen molar-refractivity contribution >= 4 is 22.7 Å². The van der Waals surface area contributed by atoms with Crippen molar-refractivity contribution in [1.29, 1.82) is 0 Å². The molecule has 40 heavy (non-hydrogen) atoms. The van der Waals surface area contributed by atoms with Crippen LogP contribution in [0.25, 0.3) is 10.9 Å². The molecule has 208 valence electrons. The predicted molar refractivity (Wildman–Crippen MR) is 151 cm³/mol. The second kappa shape index (κ2) is 10.0. The summed E-state index contributed by atoms with van der Waals surface area (Å²) in [5.74, 6) is 1.07. The van der Waals surface area contributed by atoms with Gasteiger partial charge < -0.3 is 28.8 Å². The minimum absolute atomic E-state index is 0.00948. The molecular formula is C31H35N5O4. The van der Waals surface area contributed by atoms with Gasteiger partial charge in [-0.15, -0.1) is 0 Å². The number of nitrogens with zero attached hydrogens (tertiary/aromatic N) is 4. The van der Waals surface area contributed by atoms with Crippen molar-refractivity contribution in [3.8, 4) is 11.5 Å². The number of ether oxygens (including phenoxy) is 2. The maximum Gasteiger partial charge on any atom is 0.254 e. The highest BCUT2D eigenvalue weighted by molar-refractivity contribution is 6.01. The molecule has 0 bridgehead atoms. The van der Waals surface area contributed by atoms with E-state index in [-0.39, 0.29) is 30.4 Å². The van der Waals surface area contributed by atoms with E-state index >= 15 is 0 Å². The predicted octanol–water partition coefficient (Wildman–Crippen LogP) is 4.28. The Bertz CT molecular complexity index is 1560. The molecule has 2 aliphatic rings. The number of carbonyl (C=O) groups is 2. The number of amides is 2. The number of para-hydroxylation sites is 1. The van der Waals surface area contributed by atoms with E-state index in [1.165, 1.54) is 0 Å². The Balaban J connectivity index is 1.41. The van der Waals surface area contributed by atoms with Gasteiger partial charge in [0.05, 0.1) is 31.8 Å². The molecule has 1 N–H and O–H groups in total. The van der Waals surface area contributed by atoms with E-state index in [0.29, 0.717) is 24.6 Å². The topological polar surface area (TPSA) is 92.7 Å². The number of imidazole rings is 1. The smallest absolute Gasteiger partial charge is 0.254 e. The summed E-state index contributed by atoms with van der Waals surface area (Å²) >= 11 is 0. The Morgan fingerprint density at radius 3 is 2.70 bits per heavy atom. The van der Waals surface area contributed by atoms with Crippen molar-refractivity contribution in [3.05, 3.63) is 78.0 Å². The molecule has 6 rings (SSSR count). The monoisotopic (exact) mass is 541 g/mol. The Hall–Kier alpha value is -4.27. The van der Waals surface area contributed by atoms with Gasteiger partial charge >= 0.3 is 0 Å². The van der Waals surface area contributed by atoms with E-state index in [1.54, 1.807) is 29.4 Å². The van der Waals surface area contributed by atoms with Crippen LogP contribution in [0.2, 0.25) is 0 Å². The molecule has 2 amide bonds. The van der Waals surface area contributed by atoms with Crippen LogP contribution in [0.15, 0.2) is 61.2 Å². The van der Waals surface area contributed by atoms with Gasteiger partial charge in [0.2, 0.25) is 5.91 Å². The summed E-state index contributed by atoms with van der Waals surface area (Å²) in [4.78, 5) is 39.1. The van der Waals surface area contributed by atoms with Crippen LogP contribution in [0.3, 0.4) is 0 Å². The number of methoxy groups -OCH3 is 1. The molecule has 0 unspecified atom stereocenters. The van der Waals surface area contributed by atoms with Crippen molar-refractivity contribution in [1.82, 2.24) is 24.3 Å². The maximum atomic E-state index is 14.2. The number of aromatic nitrogens is 3. The molecule has 0 spiro atoms. The number of fused-ring (bicyclic) bond motifs is 5. The summed E-state index contributed by atoms with van der Waals surface area (Å²) in [6.45, 7) is 7.55. The fourth-order valence-corrected chi connectivity index (χ4v) is 6.27. The highest BCUT2D eigenvalue weighted by Crippen LogP contribution is 2.49. The first-order valence-electron chi connectivity index (χ1n) is 13.8. The number of nitrogens with one attached hydrogen (secondary N) is 1. The molecule has 0 radical (unpaired) electrons. The number of rotatable bonds is 8. The van der Waals surface area contributed by atoms with Crippen molar-refractivity contribution in [2.45, 2.75) is 51.3 Å². The Kier molecular flexibility index (Phi) is 6.52. The number of hydrogen-bond donors (Lipinski definition) is 1. The third-order valence-corrected chi connectivity index (χ3v) is 8.17. The van der Waals surface area contributed by atoms with Crippen molar-refractivity contribution in [3.63, 3.8) is 0 Å². The Morgan fingerprint density at radius 1 is 1.12 bits per heavy atom. The fraction of sp³-hybridized carbons (Fsp3) is 0.387. The molecule has 0 aliphatic carbocycles. The largest absolute Gasteiger partial charge is 0.493 e. The van der Waals surface area contributed by atoms with Crippen LogP contribution in [0.4, 0.5) is 0 Å². The molecule has 2 aromatic heterocycles. The number of aryl methyl sites for hydroxylation is 1. The number of aromatic amines is 1. The average Bonchev–Trinajstić information content (AvgIpc) is 3.60. The van der Waals surface area contributed by atoms with Crippen molar-refractivity contribution in [2.75, 3.05) is 26.7 Å². The lowest BCUT2D eigenvalue weighted by Gasteiger charge is -2.51. The van der Waals surface area contributed by atoms with Gasteiger partial charge in [0.15, 0.2) is 17.0 Å². The zero-order valence-corrected chi connectivity index (χ0v) is 23.4. The molecule has 1 saturated heterocycles. The minimum atomic E-state index is -1.13. The molecule has 2 aliphatic heterocycles. The van der Waals surface area contributed by atoms with Gasteiger partial charge in [-0.1, -0.05) is 24.3 Å². The molecule has 4 aromatic rings. The number of benzene rings is 2. The van der Waals surface area contributed by atoms with Crippen LogP contribution in [-0.4, -0.2) is 69.0 Å². The van der Waals surface area contributed by atoms with Gasteiger partial charge in [-0.3, -0.25) is 9.59 Å². The Morgan fingerprint density at radius 2 is 1.95 bits per heavy atom. The summed E-state index contributed by atoms with van der Waals surface area (Å²) in [5, 5.41) is 1.06. The number of piperazine rings is 1. The summed E-state index contributed by atoms with van der Waals surface area (Å²) < 4.78 is 13.6. The molecular weight excluding hydrogens is 506 g/mol. The SMILES string of the molecule is COc1cc([C@H]2CN3C(=O)CN(CCCn4ccnc4)C(=O)[C@]3(C)c3[nH]c4ccccc4c32)ccc1OC(C)C. The van der Waals surface area contributed by atoms with Gasteiger partial charge in [0.25, 0.3) is 5.91 Å². The lowest BCUT2D eigenvalue weighted by Crippen LogP contribution is -2.67. The van der Waals surface area contributed by atoms with E-state index < -0.39 is 5.54 Å². The standard InChI is InChI=1S/C31H35N5O4/c1-20(2)40-25-11-10-21(16-26(25)39-4)23-17-36-27(37)18-35(14-7-13-34-15-12-32-19-34)30(38)31(36,3)29-28(23)22-8-5-6-9-24(22)33-29/h5-6,8-12,15-16,19-20,23,33H,7,13-14,17-18H2,1-4H3/t23-,31+/m1/s1. The van der Waals surface area contributed by atoms with Gasteiger partial charge in [-0.25, -0.2) is 4.98 Å². The van der Waals surface area contributed by atoms with E-state index in [1.807, 2.05) is 67.9 Å². The van der Waals surface area contributed by atoms with Gasteiger partial charge in [-0.05, 0) is 56.5 Å². The first-order chi connectivity index (χ1) is 19.3. The zero-order chi connectivity index (χ0) is 28.0. The summed E-state index contributed by atoms with van der Waals surface area (Å²) in [6, 6.07) is 14.1. The van der Waals surface area contributed by atoms with Crippen LogP contribution >= 0.6 is 0 Å². The van der Waals surface area contributed by atoms with Gasteiger partial charge in [-0.2, -0.15) is 0 Å². The van der Waals surface area contributed by atoms with Crippen molar-refractivity contribution in [2.24, 2.45) is 0 Å². The number of hydrogen-bond acceptors (Lipinski definition) is 5. The second-order valence-corrected chi connectivity index (χ2v) is 11.0. The minimum Gasteiger partial charge on any atom is -0.493 e. The van der Waals surface area contributed by atoms with Gasteiger partial charge in [0.1, 0.15) is 0 Å². The van der Waals surface area contributed by atoms with Crippen LogP contribution in [0.1, 0.15) is 49.9 Å². The van der Waals surface area contributed by atoms with E-state index in [9.17, 15) is 9.59 Å².